The van der Waals surface area contributed by atoms with Gasteiger partial charge in [0.25, 0.3) is 11.5 Å². The van der Waals surface area contributed by atoms with Crippen LogP contribution in [0.2, 0.25) is 5.02 Å². The predicted octanol–water partition coefficient (Wildman–Crippen LogP) is 6.55. The molecular formula is C31H21BrClN3O3S. The summed E-state index contributed by atoms with van der Waals surface area (Å²) >= 11 is 11.3. The Morgan fingerprint density at radius 2 is 1.75 bits per heavy atom. The first-order chi connectivity index (χ1) is 19.4. The zero-order valence-electron chi connectivity index (χ0n) is 21.1. The van der Waals surface area contributed by atoms with E-state index in [4.69, 9.17) is 16.0 Å². The number of benzene rings is 3. The highest BCUT2D eigenvalue weighted by Gasteiger charge is 2.33. The second kappa shape index (κ2) is 10.9. The van der Waals surface area contributed by atoms with Crippen molar-refractivity contribution >= 4 is 56.5 Å². The summed E-state index contributed by atoms with van der Waals surface area (Å²) in [6, 6.07) is 27.1. The Kier molecular flexibility index (Phi) is 7.14. The Morgan fingerprint density at radius 3 is 2.50 bits per heavy atom. The second-order valence-electron chi connectivity index (χ2n) is 9.13. The fourth-order valence-corrected chi connectivity index (χ4v) is 6.18. The standard InChI is InChI=1S/C31H21BrClN3O3S/c1-18-27(29(37)35-21-7-3-2-4-8-21)28(23-9-5-6-10-24(23)33)36-30(38)26(40-31(36)34-18)17-22-15-16-25(39-22)19-11-13-20(32)14-12-19/h2-17,28H,1H3,(H,35,37)/b26-17+. The van der Waals surface area contributed by atoms with Gasteiger partial charge in [0.15, 0.2) is 4.80 Å². The van der Waals surface area contributed by atoms with Crippen molar-refractivity contribution < 1.29 is 9.21 Å². The second-order valence-corrected chi connectivity index (χ2v) is 11.5. The molecule has 1 atom stereocenters. The third kappa shape index (κ3) is 5.01. The van der Waals surface area contributed by atoms with Crippen LogP contribution in [0.3, 0.4) is 0 Å². The fourth-order valence-electron chi connectivity index (χ4n) is 4.65. The van der Waals surface area contributed by atoms with E-state index >= 15 is 0 Å². The van der Waals surface area contributed by atoms with E-state index in [1.807, 2.05) is 72.8 Å². The van der Waals surface area contributed by atoms with E-state index in [-0.39, 0.29) is 11.5 Å². The Morgan fingerprint density at radius 1 is 1.02 bits per heavy atom. The SMILES string of the molecule is CC1=C(C(=O)Nc2ccccc2)C(c2ccccc2Cl)n2c(s/c(=C/c3ccc(-c4ccc(Br)cc4)o3)c2=O)=N1. The van der Waals surface area contributed by atoms with Gasteiger partial charge in [-0.25, -0.2) is 4.99 Å². The minimum absolute atomic E-state index is 0.284. The molecule has 1 unspecified atom stereocenters. The summed E-state index contributed by atoms with van der Waals surface area (Å²) in [5, 5.41) is 3.39. The molecule has 0 bridgehead atoms. The first-order valence-electron chi connectivity index (χ1n) is 12.4. The molecule has 6 rings (SSSR count). The highest BCUT2D eigenvalue weighted by molar-refractivity contribution is 9.10. The number of hydrogen-bond acceptors (Lipinski definition) is 5. The molecule has 1 aliphatic rings. The van der Waals surface area contributed by atoms with Crippen LogP contribution in [0, 0.1) is 0 Å². The number of nitrogens with zero attached hydrogens (tertiary/aromatic N) is 2. The highest BCUT2D eigenvalue weighted by atomic mass is 79.9. The summed E-state index contributed by atoms with van der Waals surface area (Å²) in [4.78, 5) is 32.7. The summed E-state index contributed by atoms with van der Waals surface area (Å²) in [5.74, 6) is 0.878. The van der Waals surface area contributed by atoms with Crippen molar-refractivity contribution in [3.63, 3.8) is 0 Å². The first kappa shape index (κ1) is 26.3. The van der Waals surface area contributed by atoms with Crippen LogP contribution in [-0.4, -0.2) is 10.5 Å². The lowest BCUT2D eigenvalue weighted by molar-refractivity contribution is -0.113. The highest BCUT2D eigenvalue weighted by Crippen LogP contribution is 2.34. The lowest BCUT2D eigenvalue weighted by Gasteiger charge is -2.26. The van der Waals surface area contributed by atoms with Crippen LogP contribution in [0.4, 0.5) is 5.69 Å². The molecule has 5 aromatic rings. The summed E-state index contributed by atoms with van der Waals surface area (Å²) in [7, 11) is 0. The Bertz CT molecular complexity index is 1960. The minimum Gasteiger partial charge on any atom is -0.457 e. The van der Waals surface area contributed by atoms with Gasteiger partial charge >= 0.3 is 0 Å². The van der Waals surface area contributed by atoms with Crippen molar-refractivity contribution in [2.45, 2.75) is 13.0 Å². The number of para-hydroxylation sites is 1. The number of hydrogen-bond donors (Lipinski definition) is 1. The molecule has 2 aromatic heterocycles. The Labute approximate surface area is 246 Å². The van der Waals surface area contributed by atoms with Crippen LogP contribution in [0.25, 0.3) is 17.4 Å². The number of carbonyl (C=O) groups is 1. The number of thiazole rings is 1. The van der Waals surface area contributed by atoms with E-state index in [1.165, 1.54) is 11.3 Å². The molecule has 40 heavy (non-hydrogen) atoms. The number of nitrogens with one attached hydrogen (secondary N) is 1. The van der Waals surface area contributed by atoms with Crippen LogP contribution >= 0.6 is 38.9 Å². The maximum atomic E-state index is 13.9. The monoisotopic (exact) mass is 629 g/mol. The van der Waals surface area contributed by atoms with E-state index in [2.05, 4.69) is 26.2 Å². The van der Waals surface area contributed by atoms with Gasteiger partial charge in [-0.1, -0.05) is 87.4 Å². The number of halogens is 2. The smallest absolute Gasteiger partial charge is 0.271 e. The van der Waals surface area contributed by atoms with Crippen molar-refractivity contribution in [1.29, 1.82) is 0 Å². The zero-order valence-corrected chi connectivity index (χ0v) is 24.3. The molecule has 0 fully saturated rings. The van der Waals surface area contributed by atoms with E-state index in [1.54, 1.807) is 35.8 Å². The third-order valence-electron chi connectivity index (χ3n) is 6.53. The largest absolute Gasteiger partial charge is 0.457 e. The molecule has 198 valence electrons. The number of allylic oxidation sites excluding steroid dienone is 1. The molecule has 1 aliphatic heterocycles. The zero-order chi connectivity index (χ0) is 27.8. The van der Waals surface area contributed by atoms with Crippen LogP contribution < -0.4 is 20.2 Å². The molecule has 0 spiro atoms. The predicted molar refractivity (Wildman–Crippen MR) is 162 cm³/mol. The maximum absolute atomic E-state index is 13.9. The van der Waals surface area contributed by atoms with Gasteiger partial charge in [-0.15, -0.1) is 0 Å². The van der Waals surface area contributed by atoms with Crippen molar-refractivity contribution in [3.05, 3.63) is 143 Å². The Hall–Kier alpha value is -3.98. The lowest BCUT2D eigenvalue weighted by atomic mass is 9.95. The van der Waals surface area contributed by atoms with Crippen molar-refractivity contribution in [1.82, 2.24) is 4.57 Å². The number of amides is 1. The fraction of sp³-hybridized carbons (Fsp3) is 0.0645. The molecule has 0 saturated heterocycles. The normalized spacial score (nSPS) is 15.1. The third-order valence-corrected chi connectivity index (χ3v) is 8.38. The molecule has 0 saturated carbocycles. The van der Waals surface area contributed by atoms with Crippen LogP contribution in [0.15, 0.2) is 121 Å². The summed E-state index contributed by atoms with van der Waals surface area (Å²) in [5.41, 5.74) is 2.79. The number of carbonyl (C=O) groups excluding carboxylic acids is 1. The summed E-state index contributed by atoms with van der Waals surface area (Å²) in [6.07, 6.45) is 1.71. The molecule has 0 aliphatic carbocycles. The van der Waals surface area contributed by atoms with E-state index < -0.39 is 6.04 Å². The quantitative estimate of drug-likeness (QED) is 0.239. The van der Waals surface area contributed by atoms with Gasteiger partial charge in [0, 0.05) is 26.8 Å². The lowest BCUT2D eigenvalue weighted by Crippen LogP contribution is -2.40. The van der Waals surface area contributed by atoms with Crippen molar-refractivity contribution in [2.75, 3.05) is 5.32 Å². The molecule has 3 heterocycles. The van der Waals surface area contributed by atoms with Crippen LogP contribution in [0.1, 0.15) is 24.3 Å². The molecule has 1 amide bonds. The van der Waals surface area contributed by atoms with Crippen molar-refractivity contribution in [2.24, 2.45) is 4.99 Å². The van der Waals surface area contributed by atoms with Gasteiger partial charge in [0.2, 0.25) is 0 Å². The van der Waals surface area contributed by atoms with Gasteiger partial charge in [0.05, 0.1) is 21.8 Å². The van der Waals surface area contributed by atoms with Gasteiger partial charge in [-0.05, 0) is 55.0 Å². The molecule has 1 N–H and O–H groups in total. The minimum atomic E-state index is -0.759. The maximum Gasteiger partial charge on any atom is 0.271 e. The first-order valence-corrected chi connectivity index (χ1v) is 14.4. The van der Waals surface area contributed by atoms with Crippen LogP contribution in [-0.2, 0) is 4.79 Å². The molecular weight excluding hydrogens is 610 g/mol. The number of anilines is 1. The van der Waals surface area contributed by atoms with Gasteiger partial charge in [-0.3, -0.25) is 14.2 Å². The van der Waals surface area contributed by atoms with Gasteiger partial charge in [0.1, 0.15) is 11.5 Å². The average molecular weight is 631 g/mol. The summed E-state index contributed by atoms with van der Waals surface area (Å²) < 4.78 is 9.00. The Balaban J connectivity index is 1.46. The van der Waals surface area contributed by atoms with E-state index in [0.29, 0.717) is 48.4 Å². The average Bonchev–Trinajstić information content (AvgIpc) is 3.53. The number of aromatic nitrogens is 1. The van der Waals surface area contributed by atoms with Gasteiger partial charge < -0.3 is 9.73 Å². The molecule has 9 heteroatoms. The molecule has 0 radical (unpaired) electrons. The summed E-state index contributed by atoms with van der Waals surface area (Å²) in [6.45, 7) is 1.78. The molecule has 6 nitrogen and oxygen atoms in total. The molecule has 3 aromatic carbocycles. The van der Waals surface area contributed by atoms with E-state index in [0.717, 1.165) is 10.0 Å². The van der Waals surface area contributed by atoms with Crippen molar-refractivity contribution in [3.8, 4) is 11.3 Å². The van der Waals surface area contributed by atoms with Gasteiger partial charge in [-0.2, -0.15) is 0 Å². The number of fused-ring (bicyclic) bond motifs is 1. The van der Waals surface area contributed by atoms with E-state index in [9.17, 15) is 9.59 Å². The number of furan rings is 1. The number of rotatable bonds is 5. The van der Waals surface area contributed by atoms with Crippen LogP contribution in [0.5, 0.6) is 0 Å². The topological polar surface area (TPSA) is 76.6 Å².